The van der Waals surface area contributed by atoms with Crippen LogP contribution >= 0.6 is 11.8 Å². The molecule has 1 unspecified atom stereocenters. The van der Waals surface area contributed by atoms with Gasteiger partial charge in [-0.15, -0.1) is 16.9 Å². The van der Waals surface area contributed by atoms with Crippen LogP contribution in [0, 0.1) is 6.92 Å². The van der Waals surface area contributed by atoms with Crippen molar-refractivity contribution in [2.45, 2.75) is 18.1 Å². The molecule has 0 radical (unpaired) electrons. The molecule has 2 N–H and O–H groups in total. The van der Waals surface area contributed by atoms with Gasteiger partial charge in [-0.25, -0.2) is 0 Å². The number of thioether (sulfide) groups is 1. The summed E-state index contributed by atoms with van der Waals surface area (Å²) >= 11 is 1.41. The molecular weight excluding hydrogens is 236 g/mol. The molecule has 4 nitrogen and oxygen atoms in total. The summed E-state index contributed by atoms with van der Waals surface area (Å²) in [5.41, 5.74) is 0.896. The highest BCUT2D eigenvalue weighted by Crippen LogP contribution is 2.26. The predicted octanol–water partition coefficient (Wildman–Crippen LogP) is 1.38. The minimum atomic E-state index is -0.720. The summed E-state index contributed by atoms with van der Waals surface area (Å²) in [5, 5.41) is 29.2. The fourth-order valence-corrected chi connectivity index (χ4v) is 2.44. The van der Waals surface area contributed by atoms with E-state index in [2.05, 4.69) is 10.2 Å². The number of aliphatic hydroxyl groups is 2. The Morgan fingerprint density at radius 1 is 1.24 bits per heavy atom. The normalized spacial score (nSPS) is 12.9. The molecule has 1 aromatic carbocycles. The maximum atomic E-state index is 9.33. The van der Waals surface area contributed by atoms with Gasteiger partial charge in [0, 0.05) is 16.5 Å². The maximum Gasteiger partial charge on any atom is 0.127 e. The third-order valence-corrected chi connectivity index (χ3v) is 3.59. The molecule has 0 aliphatic carbocycles. The summed E-state index contributed by atoms with van der Waals surface area (Å²) in [5.74, 6) is 0.415. The first-order chi connectivity index (χ1) is 8.22. The van der Waals surface area contributed by atoms with Crippen LogP contribution in [0.25, 0.3) is 10.8 Å². The van der Waals surface area contributed by atoms with Crippen LogP contribution < -0.4 is 0 Å². The molecule has 0 saturated carbocycles. The van der Waals surface area contributed by atoms with Crippen LogP contribution in [0.2, 0.25) is 0 Å². The molecule has 90 valence electrons. The predicted molar refractivity (Wildman–Crippen MR) is 68.1 cm³/mol. The largest absolute Gasteiger partial charge is 0.394 e. The highest BCUT2D eigenvalue weighted by atomic mass is 32.2. The van der Waals surface area contributed by atoms with E-state index in [1.807, 2.05) is 31.2 Å². The number of rotatable bonds is 4. The fraction of sp³-hybridized carbons (Fsp3) is 0.333. The highest BCUT2D eigenvalue weighted by molar-refractivity contribution is 7.99. The first-order valence-corrected chi connectivity index (χ1v) is 6.34. The van der Waals surface area contributed by atoms with E-state index in [0.717, 1.165) is 21.5 Å². The first-order valence-electron chi connectivity index (χ1n) is 5.36. The molecule has 1 atom stereocenters. The summed E-state index contributed by atoms with van der Waals surface area (Å²) in [4.78, 5) is 0. The Morgan fingerprint density at radius 2 is 1.94 bits per heavy atom. The van der Waals surface area contributed by atoms with Crippen LogP contribution in [0.15, 0.2) is 29.3 Å². The zero-order valence-corrected chi connectivity index (χ0v) is 10.3. The van der Waals surface area contributed by atoms with Crippen molar-refractivity contribution in [1.29, 1.82) is 0 Å². The number of benzene rings is 1. The monoisotopic (exact) mass is 250 g/mol. The number of aromatic nitrogens is 2. The minimum absolute atomic E-state index is 0.232. The van der Waals surface area contributed by atoms with Crippen LogP contribution in [0.4, 0.5) is 0 Å². The second-order valence-electron chi connectivity index (χ2n) is 3.78. The molecule has 5 heteroatoms. The third kappa shape index (κ3) is 2.74. The second-order valence-corrected chi connectivity index (χ2v) is 4.79. The van der Waals surface area contributed by atoms with Crippen LogP contribution in [0.1, 0.15) is 5.69 Å². The average molecular weight is 250 g/mol. The van der Waals surface area contributed by atoms with Gasteiger partial charge in [0.15, 0.2) is 0 Å². The summed E-state index contributed by atoms with van der Waals surface area (Å²) in [6, 6.07) is 7.92. The smallest absolute Gasteiger partial charge is 0.127 e. The van der Waals surface area contributed by atoms with E-state index >= 15 is 0 Å². The molecule has 1 heterocycles. The van der Waals surface area contributed by atoms with Crippen molar-refractivity contribution in [3.63, 3.8) is 0 Å². The molecule has 1 aromatic heterocycles. The molecule has 2 aromatic rings. The van der Waals surface area contributed by atoms with Crippen molar-refractivity contribution in [3.05, 3.63) is 30.0 Å². The maximum absolute atomic E-state index is 9.33. The van der Waals surface area contributed by atoms with Gasteiger partial charge in [-0.2, -0.15) is 5.10 Å². The summed E-state index contributed by atoms with van der Waals surface area (Å²) < 4.78 is 0. The molecule has 17 heavy (non-hydrogen) atoms. The first kappa shape index (κ1) is 12.3. The standard InChI is InChI=1S/C12H14N2O2S/c1-8-10-4-2-3-5-11(10)12(14-13-8)17-7-9(16)6-15/h2-5,9,15-16H,6-7H2,1H3. The van der Waals surface area contributed by atoms with Crippen molar-refractivity contribution < 1.29 is 10.2 Å². The Balaban J connectivity index is 2.32. The van der Waals surface area contributed by atoms with E-state index in [-0.39, 0.29) is 6.61 Å². The van der Waals surface area contributed by atoms with Gasteiger partial charge < -0.3 is 10.2 Å². The van der Waals surface area contributed by atoms with Crippen molar-refractivity contribution in [2.24, 2.45) is 0 Å². The van der Waals surface area contributed by atoms with Gasteiger partial charge >= 0.3 is 0 Å². The van der Waals surface area contributed by atoms with Crippen molar-refractivity contribution in [3.8, 4) is 0 Å². The van der Waals surface area contributed by atoms with Gasteiger partial charge in [0.1, 0.15) is 5.03 Å². The Bertz CT molecular complexity index is 519. The lowest BCUT2D eigenvalue weighted by molar-refractivity contribution is 0.113. The number of aryl methyl sites for hydroxylation is 1. The van der Waals surface area contributed by atoms with E-state index in [1.165, 1.54) is 11.8 Å². The topological polar surface area (TPSA) is 66.2 Å². The zero-order valence-electron chi connectivity index (χ0n) is 9.50. The Hall–Kier alpha value is -1.17. The zero-order chi connectivity index (χ0) is 12.3. The lowest BCUT2D eigenvalue weighted by Gasteiger charge is -2.08. The number of nitrogens with zero attached hydrogens (tertiary/aromatic N) is 2. The molecule has 2 rings (SSSR count). The highest BCUT2D eigenvalue weighted by Gasteiger charge is 2.09. The average Bonchev–Trinajstić information content (AvgIpc) is 2.38. The molecule has 0 aliphatic heterocycles. The SMILES string of the molecule is Cc1nnc(SCC(O)CO)c2ccccc12. The van der Waals surface area contributed by atoms with Crippen molar-refractivity contribution >= 4 is 22.5 Å². The molecular formula is C12H14N2O2S. The molecule has 0 amide bonds. The number of aliphatic hydroxyl groups excluding tert-OH is 2. The Morgan fingerprint density at radius 3 is 2.65 bits per heavy atom. The summed E-state index contributed by atoms with van der Waals surface area (Å²) in [7, 11) is 0. The van der Waals surface area contributed by atoms with E-state index in [4.69, 9.17) is 5.11 Å². The van der Waals surface area contributed by atoms with Crippen LogP contribution in [-0.2, 0) is 0 Å². The lowest BCUT2D eigenvalue weighted by Crippen LogP contribution is -2.14. The summed E-state index contributed by atoms with van der Waals surface area (Å²) in [6.07, 6.45) is -0.720. The molecule has 0 spiro atoms. The van der Waals surface area contributed by atoms with Gasteiger partial charge in [-0.1, -0.05) is 24.3 Å². The number of hydrogen-bond donors (Lipinski definition) is 2. The van der Waals surface area contributed by atoms with Gasteiger partial charge in [-0.05, 0) is 6.92 Å². The lowest BCUT2D eigenvalue weighted by atomic mass is 10.1. The van der Waals surface area contributed by atoms with Crippen LogP contribution in [0.3, 0.4) is 0 Å². The third-order valence-electron chi connectivity index (χ3n) is 2.46. The van der Waals surface area contributed by atoms with E-state index in [9.17, 15) is 5.11 Å². The quantitative estimate of drug-likeness (QED) is 0.803. The summed E-state index contributed by atoms with van der Waals surface area (Å²) in [6.45, 7) is 1.69. The van der Waals surface area contributed by atoms with Crippen molar-refractivity contribution in [2.75, 3.05) is 12.4 Å². The molecule has 0 fully saturated rings. The van der Waals surface area contributed by atoms with Crippen LogP contribution in [-0.4, -0.2) is 38.9 Å². The van der Waals surface area contributed by atoms with Gasteiger partial charge in [0.25, 0.3) is 0 Å². The van der Waals surface area contributed by atoms with Gasteiger partial charge in [0.05, 0.1) is 18.4 Å². The van der Waals surface area contributed by atoms with E-state index in [1.54, 1.807) is 0 Å². The molecule has 0 saturated heterocycles. The Kier molecular flexibility index (Phi) is 3.93. The molecule has 0 bridgehead atoms. The molecule has 0 aliphatic rings. The van der Waals surface area contributed by atoms with Gasteiger partial charge in [0.2, 0.25) is 0 Å². The number of hydrogen-bond acceptors (Lipinski definition) is 5. The second kappa shape index (κ2) is 5.44. The van der Waals surface area contributed by atoms with E-state index in [0.29, 0.717) is 5.75 Å². The van der Waals surface area contributed by atoms with Crippen LogP contribution in [0.5, 0.6) is 0 Å². The minimum Gasteiger partial charge on any atom is -0.394 e. The van der Waals surface area contributed by atoms with Crippen molar-refractivity contribution in [1.82, 2.24) is 10.2 Å². The van der Waals surface area contributed by atoms with E-state index < -0.39 is 6.10 Å². The van der Waals surface area contributed by atoms with Gasteiger partial charge in [-0.3, -0.25) is 0 Å². The Labute approximate surface area is 104 Å². The number of fused-ring (bicyclic) bond motifs is 1. The fourth-order valence-electron chi connectivity index (χ4n) is 1.55.